The van der Waals surface area contributed by atoms with Gasteiger partial charge in [0.05, 0.1) is 25.5 Å². The van der Waals surface area contributed by atoms with E-state index < -0.39 is 5.66 Å². The molecule has 0 unspecified atom stereocenters. The molecule has 2 aliphatic rings. The molecule has 4 rings (SSSR count). The predicted octanol–water partition coefficient (Wildman–Crippen LogP) is 2.91. The van der Waals surface area contributed by atoms with E-state index in [1.165, 1.54) is 0 Å². The van der Waals surface area contributed by atoms with E-state index in [4.69, 9.17) is 9.47 Å². The van der Waals surface area contributed by atoms with Crippen molar-refractivity contribution in [3.63, 3.8) is 0 Å². The molecule has 2 aromatic rings. The number of nitrogens with zero attached hydrogens (tertiary/aromatic N) is 2. The first-order chi connectivity index (χ1) is 14.5. The van der Waals surface area contributed by atoms with Gasteiger partial charge in [0, 0.05) is 44.1 Å². The van der Waals surface area contributed by atoms with Gasteiger partial charge in [-0.05, 0) is 31.2 Å². The van der Waals surface area contributed by atoms with Crippen LogP contribution in [0.3, 0.4) is 0 Å². The van der Waals surface area contributed by atoms with Crippen molar-refractivity contribution in [1.82, 2.24) is 10.2 Å². The van der Waals surface area contributed by atoms with Crippen LogP contribution in [0.2, 0.25) is 0 Å². The third-order valence-electron chi connectivity index (χ3n) is 6.09. The van der Waals surface area contributed by atoms with Crippen LogP contribution in [-0.2, 0) is 0 Å². The van der Waals surface area contributed by atoms with Crippen LogP contribution in [-0.4, -0.2) is 56.2 Å². The van der Waals surface area contributed by atoms with Gasteiger partial charge < -0.3 is 24.6 Å². The molecule has 0 radical (unpaired) electrons. The Hall–Kier alpha value is -3.22. The molecule has 0 aromatic heterocycles. The number of fused-ring (bicyclic) bond motifs is 1. The first-order valence-corrected chi connectivity index (χ1v) is 10.2. The Bertz CT molecular complexity index is 944. The minimum atomic E-state index is -0.469. The quantitative estimate of drug-likeness (QED) is 0.841. The number of carbonyl (C=O) groups excluding carboxylic acids is 2. The van der Waals surface area contributed by atoms with Crippen LogP contribution in [0.15, 0.2) is 42.5 Å². The average Bonchev–Trinajstić information content (AvgIpc) is 2.79. The molecule has 0 bridgehead atoms. The van der Waals surface area contributed by atoms with Gasteiger partial charge in [-0.25, -0.2) is 0 Å². The molecule has 0 atom stereocenters. The van der Waals surface area contributed by atoms with Crippen LogP contribution < -0.4 is 19.7 Å². The van der Waals surface area contributed by atoms with Crippen molar-refractivity contribution in [2.24, 2.45) is 0 Å². The number of hydrogen-bond acceptors (Lipinski definition) is 5. The molecule has 2 amide bonds. The Morgan fingerprint density at radius 3 is 2.30 bits per heavy atom. The Balaban J connectivity index is 1.55. The molecule has 7 heteroatoms. The number of nitrogens with one attached hydrogen (secondary N) is 1. The van der Waals surface area contributed by atoms with Gasteiger partial charge in [0.15, 0.2) is 0 Å². The number of carbonyl (C=O) groups is 2. The van der Waals surface area contributed by atoms with Crippen molar-refractivity contribution < 1.29 is 19.1 Å². The predicted molar refractivity (Wildman–Crippen MR) is 114 cm³/mol. The van der Waals surface area contributed by atoms with E-state index in [9.17, 15) is 9.59 Å². The maximum Gasteiger partial charge on any atom is 0.255 e. The summed E-state index contributed by atoms with van der Waals surface area (Å²) in [7, 11) is 3.13. The topological polar surface area (TPSA) is 71.1 Å². The zero-order valence-electron chi connectivity index (χ0n) is 17.6. The number of methoxy groups -OCH3 is 2. The number of piperidine rings is 1. The lowest BCUT2D eigenvalue weighted by Gasteiger charge is -2.52. The van der Waals surface area contributed by atoms with Crippen molar-refractivity contribution >= 4 is 17.5 Å². The Kier molecular flexibility index (Phi) is 5.28. The number of benzene rings is 2. The number of ether oxygens (including phenoxy) is 2. The first-order valence-electron chi connectivity index (χ1n) is 10.2. The summed E-state index contributed by atoms with van der Waals surface area (Å²) in [4.78, 5) is 30.0. The highest BCUT2D eigenvalue weighted by molar-refractivity contribution is 6.02. The fourth-order valence-corrected chi connectivity index (χ4v) is 4.54. The smallest absolute Gasteiger partial charge is 0.255 e. The van der Waals surface area contributed by atoms with E-state index in [-0.39, 0.29) is 11.8 Å². The molecule has 1 fully saturated rings. The Morgan fingerprint density at radius 1 is 1.07 bits per heavy atom. The standard InChI is InChI=1S/C23H27N3O4/c1-4-26-20-8-6-5-7-19(20)21(27)24-23(26)9-11-25(12-10-23)22(28)16-13-17(29-2)15-18(14-16)30-3/h5-8,13-15H,4,9-12H2,1-3H3,(H,24,27). The second kappa shape index (κ2) is 7.89. The SMILES string of the molecule is CCN1c2ccccc2C(=O)NC12CCN(C(=O)c1cc(OC)cc(OC)c1)CC2. The molecule has 1 saturated heterocycles. The summed E-state index contributed by atoms with van der Waals surface area (Å²) in [6.45, 7) is 3.98. The highest BCUT2D eigenvalue weighted by Crippen LogP contribution is 2.37. The number of likely N-dealkylation sites (tertiary alicyclic amines) is 1. The number of rotatable bonds is 4. The number of para-hydroxylation sites is 1. The first kappa shape index (κ1) is 20.1. The molecular formula is C23H27N3O4. The van der Waals surface area contributed by atoms with E-state index in [2.05, 4.69) is 17.1 Å². The number of amides is 2. The summed E-state index contributed by atoms with van der Waals surface area (Å²) >= 11 is 0. The van der Waals surface area contributed by atoms with Crippen LogP contribution in [0.5, 0.6) is 11.5 Å². The largest absolute Gasteiger partial charge is 0.497 e. The maximum atomic E-state index is 13.1. The van der Waals surface area contributed by atoms with Crippen molar-refractivity contribution in [2.75, 3.05) is 38.8 Å². The van der Waals surface area contributed by atoms with Gasteiger partial charge in [-0.15, -0.1) is 0 Å². The van der Waals surface area contributed by atoms with Gasteiger partial charge in [0.25, 0.3) is 11.8 Å². The lowest BCUT2D eigenvalue weighted by atomic mass is 9.89. The van der Waals surface area contributed by atoms with Gasteiger partial charge in [0.2, 0.25) is 0 Å². The molecule has 30 heavy (non-hydrogen) atoms. The minimum Gasteiger partial charge on any atom is -0.497 e. The molecule has 1 N–H and O–H groups in total. The summed E-state index contributed by atoms with van der Waals surface area (Å²) in [5.41, 5.74) is 1.73. The summed E-state index contributed by atoms with van der Waals surface area (Å²) in [6.07, 6.45) is 1.32. The molecular weight excluding hydrogens is 382 g/mol. The van der Waals surface area contributed by atoms with Crippen LogP contribution in [0.1, 0.15) is 40.5 Å². The molecule has 2 aromatic carbocycles. The Morgan fingerprint density at radius 2 is 1.70 bits per heavy atom. The van der Waals surface area contributed by atoms with E-state index in [0.717, 1.165) is 12.2 Å². The third-order valence-corrected chi connectivity index (χ3v) is 6.09. The monoisotopic (exact) mass is 409 g/mol. The van der Waals surface area contributed by atoms with Gasteiger partial charge in [-0.1, -0.05) is 12.1 Å². The molecule has 0 aliphatic carbocycles. The maximum absolute atomic E-state index is 13.1. The van der Waals surface area contributed by atoms with Crippen LogP contribution in [0, 0.1) is 0 Å². The minimum absolute atomic E-state index is 0.0485. The van der Waals surface area contributed by atoms with E-state index >= 15 is 0 Å². The summed E-state index contributed by atoms with van der Waals surface area (Å²) in [6, 6.07) is 12.9. The fourth-order valence-electron chi connectivity index (χ4n) is 4.54. The van der Waals surface area contributed by atoms with E-state index in [1.54, 1.807) is 32.4 Å². The van der Waals surface area contributed by atoms with Crippen molar-refractivity contribution in [3.05, 3.63) is 53.6 Å². The second-order valence-electron chi connectivity index (χ2n) is 7.64. The zero-order chi connectivity index (χ0) is 21.3. The van der Waals surface area contributed by atoms with Crippen LogP contribution >= 0.6 is 0 Å². The molecule has 1 spiro atoms. The van der Waals surface area contributed by atoms with Gasteiger partial charge in [0.1, 0.15) is 17.2 Å². The molecule has 158 valence electrons. The lowest BCUT2D eigenvalue weighted by Crippen LogP contribution is -2.68. The van der Waals surface area contributed by atoms with Crippen LogP contribution in [0.25, 0.3) is 0 Å². The average molecular weight is 409 g/mol. The second-order valence-corrected chi connectivity index (χ2v) is 7.64. The van der Waals surface area contributed by atoms with Crippen LogP contribution in [0.4, 0.5) is 5.69 Å². The van der Waals surface area contributed by atoms with Crippen molar-refractivity contribution in [1.29, 1.82) is 0 Å². The van der Waals surface area contributed by atoms with E-state index in [1.807, 2.05) is 29.2 Å². The summed E-state index contributed by atoms with van der Waals surface area (Å²) < 4.78 is 10.6. The summed E-state index contributed by atoms with van der Waals surface area (Å²) in [5, 5.41) is 3.23. The lowest BCUT2D eigenvalue weighted by molar-refractivity contribution is 0.0603. The Labute approximate surface area is 176 Å². The van der Waals surface area contributed by atoms with Gasteiger partial charge in [-0.2, -0.15) is 0 Å². The molecule has 2 heterocycles. The normalized spacial score (nSPS) is 17.4. The van der Waals surface area contributed by atoms with E-state index in [0.29, 0.717) is 48.6 Å². The third kappa shape index (κ3) is 3.34. The number of hydrogen-bond donors (Lipinski definition) is 1. The number of anilines is 1. The molecule has 0 saturated carbocycles. The van der Waals surface area contributed by atoms with Crippen molar-refractivity contribution in [2.45, 2.75) is 25.4 Å². The highest BCUT2D eigenvalue weighted by atomic mass is 16.5. The zero-order valence-corrected chi connectivity index (χ0v) is 17.6. The van der Waals surface area contributed by atoms with Gasteiger partial charge >= 0.3 is 0 Å². The summed E-state index contributed by atoms with van der Waals surface area (Å²) in [5.74, 6) is 1.05. The van der Waals surface area contributed by atoms with Gasteiger partial charge in [-0.3, -0.25) is 9.59 Å². The fraction of sp³-hybridized carbons (Fsp3) is 0.391. The van der Waals surface area contributed by atoms with Crippen molar-refractivity contribution in [3.8, 4) is 11.5 Å². The highest BCUT2D eigenvalue weighted by Gasteiger charge is 2.45. The molecule has 7 nitrogen and oxygen atoms in total. The molecule has 2 aliphatic heterocycles.